The SMILES string of the molecule is N#CCCn1cc(/C=C/C(=O)N2CCN(C(=O)c3ccccc3)CC2)c2ccccc21. The standard InChI is InChI=1S/C25H24N4O2/c26-13-6-14-29-19-21(22-9-4-5-10-23(22)29)11-12-24(30)27-15-17-28(18-16-27)25(31)20-7-2-1-3-8-20/h1-5,7-12,19H,6,14-18H2/b12-11+. The van der Waals surface area contributed by atoms with Gasteiger partial charge < -0.3 is 14.4 Å². The smallest absolute Gasteiger partial charge is 0.253 e. The van der Waals surface area contributed by atoms with Crippen LogP contribution in [-0.2, 0) is 11.3 Å². The van der Waals surface area contributed by atoms with Crippen LogP contribution in [0.3, 0.4) is 0 Å². The molecule has 6 heteroatoms. The van der Waals surface area contributed by atoms with Crippen LogP contribution in [0, 0.1) is 11.3 Å². The van der Waals surface area contributed by atoms with Crippen LogP contribution >= 0.6 is 0 Å². The lowest BCUT2D eigenvalue weighted by Crippen LogP contribution is -2.50. The number of aryl methyl sites for hydroxylation is 1. The highest BCUT2D eigenvalue weighted by atomic mass is 16.2. The van der Waals surface area contributed by atoms with E-state index in [2.05, 4.69) is 10.6 Å². The van der Waals surface area contributed by atoms with E-state index in [1.165, 1.54) is 0 Å². The fourth-order valence-corrected chi connectivity index (χ4v) is 3.92. The molecule has 0 N–H and O–H groups in total. The molecule has 3 aromatic rings. The van der Waals surface area contributed by atoms with Gasteiger partial charge in [0.25, 0.3) is 5.91 Å². The Morgan fingerprint density at radius 1 is 0.935 bits per heavy atom. The summed E-state index contributed by atoms with van der Waals surface area (Å²) in [4.78, 5) is 28.9. The van der Waals surface area contributed by atoms with E-state index in [0.29, 0.717) is 44.7 Å². The van der Waals surface area contributed by atoms with Gasteiger partial charge in [-0.1, -0.05) is 36.4 Å². The number of aromatic nitrogens is 1. The van der Waals surface area contributed by atoms with Crippen molar-refractivity contribution in [1.82, 2.24) is 14.4 Å². The molecule has 156 valence electrons. The Labute approximate surface area is 181 Å². The highest BCUT2D eigenvalue weighted by molar-refractivity contribution is 5.97. The van der Waals surface area contributed by atoms with Crippen molar-refractivity contribution in [2.45, 2.75) is 13.0 Å². The van der Waals surface area contributed by atoms with Gasteiger partial charge in [0.1, 0.15) is 0 Å². The van der Waals surface area contributed by atoms with E-state index >= 15 is 0 Å². The number of carbonyl (C=O) groups excluding carboxylic acids is 2. The van der Waals surface area contributed by atoms with Gasteiger partial charge in [0.15, 0.2) is 0 Å². The average molecular weight is 412 g/mol. The zero-order chi connectivity index (χ0) is 21.6. The molecule has 2 aromatic carbocycles. The van der Waals surface area contributed by atoms with Gasteiger partial charge in [-0.15, -0.1) is 0 Å². The van der Waals surface area contributed by atoms with Gasteiger partial charge in [0, 0.05) is 67.0 Å². The lowest BCUT2D eigenvalue weighted by atomic mass is 10.1. The van der Waals surface area contributed by atoms with Gasteiger partial charge in [0.05, 0.1) is 12.5 Å². The second-order valence-corrected chi connectivity index (χ2v) is 7.52. The highest BCUT2D eigenvalue weighted by Crippen LogP contribution is 2.23. The minimum absolute atomic E-state index is 0.00780. The van der Waals surface area contributed by atoms with Crippen LogP contribution in [0.25, 0.3) is 17.0 Å². The van der Waals surface area contributed by atoms with Crippen LogP contribution < -0.4 is 0 Å². The molecular formula is C25H24N4O2. The van der Waals surface area contributed by atoms with Gasteiger partial charge in [0.2, 0.25) is 5.91 Å². The molecule has 31 heavy (non-hydrogen) atoms. The number of nitriles is 1. The first-order valence-corrected chi connectivity index (χ1v) is 10.4. The van der Waals surface area contributed by atoms with E-state index in [1.807, 2.05) is 66.9 Å². The summed E-state index contributed by atoms with van der Waals surface area (Å²) in [5.74, 6) is -0.0471. The first-order chi connectivity index (χ1) is 15.2. The molecule has 1 fully saturated rings. The second-order valence-electron chi connectivity index (χ2n) is 7.52. The van der Waals surface area contributed by atoms with E-state index < -0.39 is 0 Å². The third-order valence-corrected chi connectivity index (χ3v) is 5.59. The Morgan fingerprint density at radius 2 is 1.61 bits per heavy atom. The van der Waals surface area contributed by atoms with Crippen LogP contribution in [0.4, 0.5) is 0 Å². The topological polar surface area (TPSA) is 69.3 Å². The largest absolute Gasteiger partial charge is 0.346 e. The number of benzene rings is 2. The quantitative estimate of drug-likeness (QED) is 0.602. The van der Waals surface area contributed by atoms with Gasteiger partial charge in [-0.2, -0.15) is 5.26 Å². The molecular weight excluding hydrogens is 388 g/mol. The molecule has 0 radical (unpaired) electrons. The number of fused-ring (bicyclic) bond motifs is 1. The summed E-state index contributed by atoms with van der Waals surface area (Å²) >= 11 is 0. The number of para-hydroxylation sites is 1. The van der Waals surface area contributed by atoms with Crippen molar-refractivity contribution in [3.05, 3.63) is 78.0 Å². The molecule has 1 aromatic heterocycles. The molecule has 0 bridgehead atoms. The van der Waals surface area contributed by atoms with Gasteiger partial charge >= 0.3 is 0 Å². The van der Waals surface area contributed by atoms with Gasteiger partial charge in [-0.3, -0.25) is 9.59 Å². The van der Waals surface area contributed by atoms with Crippen molar-refractivity contribution >= 4 is 28.8 Å². The first kappa shape index (κ1) is 20.4. The summed E-state index contributed by atoms with van der Waals surface area (Å²) in [5, 5.41) is 9.95. The Kier molecular flexibility index (Phi) is 6.13. The molecule has 0 unspecified atom stereocenters. The minimum atomic E-state index is -0.0549. The maximum atomic E-state index is 12.7. The number of amides is 2. The maximum absolute atomic E-state index is 12.7. The van der Waals surface area contributed by atoms with Crippen molar-refractivity contribution in [2.24, 2.45) is 0 Å². The first-order valence-electron chi connectivity index (χ1n) is 10.4. The fraction of sp³-hybridized carbons (Fsp3) is 0.240. The molecule has 2 heterocycles. The van der Waals surface area contributed by atoms with E-state index in [1.54, 1.807) is 15.9 Å². The molecule has 1 saturated heterocycles. The van der Waals surface area contributed by atoms with Crippen LogP contribution in [-0.4, -0.2) is 52.4 Å². The molecule has 1 aliphatic heterocycles. The molecule has 0 aliphatic carbocycles. The van der Waals surface area contributed by atoms with Crippen LogP contribution in [0.15, 0.2) is 66.9 Å². The van der Waals surface area contributed by atoms with Crippen molar-refractivity contribution in [3.8, 4) is 6.07 Å². The van der Waals surface area contributed by atoms with Crippen LogP contribution in [0.2, 0.25) is 0 Å². The summed E-state index contributed by atoms with van der Waals surface area (Å²) in [5.41, 5.74) is 2.69. The van der Waals surface area contributed by atoms with Gasteiger partial charge in [-0.05, 0) is 24.3 Å². The predicted octanol–water partition coefficient (Wildman–Crippen LogP) is 3.55. The van der Waals surface area contributed by atoms with E-state index in [-0.39, 0.29) is 11.8 Å². The normalized spacial score (nSPS) is 14.2. The number of nitrogens with zero attached hydrogens (tertiary/aromatic N) is 4. The summed E-state index contributed by atoms with van der Waals surface area (Å²) in [6.45, 7) is 2.72. The third kappa shape index (κ3) is 4.51. The maximum Gasteiger partial charge on any atom is 0.253 e. The number of hydrogen-bond donors (Lipinski definition) is 0. The number of rotatable bonds is 5. The molecule has 4 rings (SSSR count). The molecule has 0 saturated carbocycles. The zero-order valence-corrected chi connectivity index (χ0v) is 17.3. The van der Waals surface area contributed by atoms with Crippen molar-refractivity contribution in [1.29, 1.82) is 5.26 Å². The number of hydrogen-bond acceptors (Lipinski definition) is 3. The Balaban J connectivity index is 1.40. The predicted molar refractivity (Wildman–Crippen MR) is 120 cm³/mol. The summed E-state index contributed by atoms with van der Waals surface area (Å²) in [7, 11) is 0. The Morgan fingerprint density at radius 3 is 2.35 bits per heavy atom. The lowest BCUT2D eigenvalue weighted by molar-refractivity contribution is -0.127. The Hall–Kier alpha value is -3.85. The molecule has 1 aliphatic rings. The summed E-state index contributed by atoms with van der Waals surface area (Å²) in [6.07, 6.45) is 5.87. The van der Waals surface area contributed by atoms with Crippen molar-refractivity contribution < 1.29 is 9.59 Å². The highest BCUT2D eigenvalue weighted by Gasteiger charge is 2.23. The van der Waals surface area contributed by atoms with Crippen molar-refractivity contribution in [3.63, 3.8) is 0 Å². The monoisotopic (exact) mass is 412 g/mol. The summed E-state index contributed by atoms with van der Waals surface area (Å²) < 4.78 is 2.05. The van der Waals surface area contributed by atoms with E-state index in [4.69, 9.17) is 5.26 Å². The van der Waals surface area contributed by atoms with Crippen LogP contribution in [0.1, 0.15) is 22.3 Å². The van der Waals surface area contributed by atoms with E-state index in [0.717, 1.165) is 16.5 Å². The van der Waals surface area contributed by atoms with E-state index in [9.17, 15) is 9.59 Å². The molecule has 0 atom stereocenters. The van der Waals surface area contributed by atoms with Crippen LogP contribution in [0.5, 0.6) is 0 Å². The third-order valence-electron chi connectivity index (χ3n) is 5.59. The minimum Gasteiger partial charge on any atom is -0.346 e. The molecule has 0 spiro atoms. The zero-order valence-electron chi connectivity index (χ0n) is 17.3. The molecule has 2 amide bonds. The fourth-order valence-electron chi connectivity index (χ4n) is 3.92. The van der Waals surface area contributed by atoms with Gasteiger partial charge in [-0.25, -0.2) is 0 Å². The van der Waals surface area contributed by atoms with Crippen molar-refractivity contribution in [2.75, 3.05) is 26.2 Å². The second kappa shape index (κ2) is 9.31. The lowest BCUT2D eigenvalue weighted by Gasteiger charge is -2.34. The number of piperazine rings is 1. The summed E-state index contributed by atoms with van der Waals surface area (Å²) in [6, 6.07) is 19.4. The number of carbonyl (C=O) groups is 2. The average Bonchev–Trinajstić information content (AvgIpc) is 3.19. The Bertz CT molecular complexity index is 1150. The molecule has 6 nitrogen and oxygen atoms in total.